The van der Waals surface area contributed by atoms with E-state index in [1.807, 2.05) is 48.5 Å². The van der Waals surface area contributed by atoms with Gasteiger partial charge in [-0.2, -0.15) is 0 Å². The molecule has 0 saturated carbocycles. The highest BCUT2D eigenvalue weighted by Crippen LogP contribution is 2.29. The van der Waals surface area contributed by atoms with Crippen LogP contribution in [0, 0.1) is 0 Å². The van der Waals surface area contributed by atoms with Gasteiger partial charge in [0.2, 0.25) is 0 Å². The molecule has 1 N–H and O–H groups in total. The number of amides is 1. The molecule has 5 nitrogen and oxygen atoms in total. The molecule has 4 rings (SSSR count). The predicted molar refractivity (Wildman–Crippen MR) is 118 cm³/mol. The molecule has 0 bridgehead atoms. The number of fused-ring (bicyclic) bond motifs is 1. The van der Waals surface area contributed by atoms with Crippen LogP contribution in [0.1, 0.15) is 45.9 Å². The van der Waals surface area contributed by atoms with Crippen molar-refractivity contribution in [1.82, 2.24) is 5.32 Å². The van der Waals surface area contributed by atoms with E-state index in [-0.39, 0.29) is 18.6 Å². The number of carbonyl (C=O) groups is 2. The summed E-state index contributed by atoms with van der Waals surface area (Å²) in [6, 6.07) is 24.7. The monoisotopic (exact) mass is 415 g/mol. The number of hydrogen-bond donors (Lipinski definition) is 1. The number of nitrogens with one attached hydrogen (secondary N) is 1. The number of carbonyl (C=O) groups excluding carboxylic acids is 2. The first-order valence-electron chi connectivity index (χ1n) is 10.5. The zero-order valence-corrected chi connectivity index (χ0v) is 17.3. The quantitative estimate of drug-likeness (QED) is 0.572. The Kier molecular flexibility index (Phi) is 6.62. The zero-order valence-electron chi connectivity index (χ0n) is 17.3. The Hall–Kier alpha value is -3.60. The fourth-order valence-corrected chi connectivity index (χ4v) is 3.78. The van der Waals surface area contributed by atoms with Crippen molar-refractivity contribution in [3.8, 4) is 5.75 Å². The Morgan fingerprint density at radius 3 is 2.45 bits per heavy atom. The number of aryl methyl sites for hydroxylation is 1. The molecule has 1 amide bonds. The summed E-state index contributed by atoms with van der Waals surface area (Å²) in [7, 11) is 0. The molecule has 1 aliphatic carbocycles. The fourth-order valence-electron chi connectivity index (χ4n) is 3.78. The third-order valence-corrected chi connectivity index (χ3v) is 5.38. The van der Waals surface area contributed by atoms with Gasteiger partial charge >= 0.3 is 5.97 Å². The van der Waals surface area contributed by atoms with Crippen molar-refractivity contribution in [1.29, 1.82) is 0 Å². The summed E-state index contributed by atoms with van der Waals surface area (Å²) in [5.74, 6) is -0.166. The van der Waals surface area contributed by atoms with Crippen LogP contribution in [0.3, 0.4) is 0 Å². The Bertz CT molecular complexity index is 1030. The molecule has 0 radical (unpaired) electrons. The second kappa shape index (κ2) is 9.94. The molecule has 5 heteroatoms. The van der Waals surface area contributed by atoms with Crippen molar-refractivity contribution in [3.05, 3.63) is 101 Å². The topological polar surface area (TPSA) is 64.6 Å². The lowest BCUT2D eigenvalue weighted by molar-refractivity contribution is -0.125. The van der Waals surface area contributed by atoms with Crippen LogP contribution in [0.25, 0.3) is 0 Å². The molecule has 31 heavy (non-hydrogen) atoms. The number of esters is 1. The maximum absolute atomic E-state index is 12.3. The van der Waals surface area contributed by atoms with E-state index in [9.17, 15) is 9.59 Å². The second-order valence-electron chi connectivity index (χ2n) is 7.59. The van der Waals surface area contributed by atoms with Crippen molar-refractivity contribution in [3.63, 3.8) is 0 Å². The molecule has 0 saturated heterocycles. The van der Waals surface area contributed by atoms with Crippen molar-refractivity contribution in [2.45, 2.75) is 31.9 Å². The van der Waals surface area contributed by atoms with Gasteiger partial charge in [-0.1, -0.05) is 54.6 Å². The van der Waals surface area contributed by atoms with Crippen molar-refractivity contribution in [2.24, 2.45) is 0 Å². The third kappa shape index (κ3) is 5.51. The summed E-state index contributed by atoms with van der Waals surface area (Å²) >= 11 is 0. The minimum absolute atomic E-state index is 0.0304. The maximum Gasteiger partial charge on any atom is 0.338 e. The van der Waals surface area contributed by atoms with Gasteiger partial charge in [-0.25, -0.2) is 4.79 Å². The molecule has 0 aliphatic heterocycles. The largest absolute Gasteiger partial charge is 0.489 e. The zero-order chi connectivity index (χ0) is 21.5. The van der Waals surface area contributed by atoms with Crippen molar-refractivity contribution in [2.75, 3.05) is 6.61 Å². The standard InChI is InChI=1S/C26H25NO4/c28-25(27-24-12-6-10-20-9-4-5-11-23(20)24)18-31-26(29)21-13-15-22(16-14-21)30-17-19-7-2-1-3-8-19/h1-5,7-9,11,13-16,24H,6,10,12,17-18H2,(H,27,28)/t24-/m0/s1. The normalized spacial score (nSPS) is 14.9. The molecule has 3 aromatic rings. The van der Waals surface area contributed by atoms with Gasteiger partial charge < -0.3 is 14.8 Å². The van der Waals surface area contributed by atoms with Crippen LogP contribution >= 0.6 is 0 Å². The Morgan fingerprint density at radius 1 is 0.903 bits per heavy atom. The minimum atomic E-state index is -0.534. The highest BCUT2D eigenvalue weighted by atomic mass is 16.5. The van der Waals surface area contributed by atoms with Gasteiger partial charge in [-0.15, -0.1) is 0 Å². The van der Waals surface area contributed by atoms with E-state index >= 15 is 0 Å². The second-order valence-corrected chi connectivity index (χ2v) is 7.59. The SMILES string of the molecule is O=C(COC(=O)c1ccc(OCc2ccccc2)cc1)N[C@H]1CCCc2ccccc21. The molecule has 1 aliphatic rings. The van der Waals surface area contributed by atoms with Crippen LogP contribution in [0.2, 0.25) is 0 Å². The van der Waals surface area contributed by atoms with Gasteiger partial charge in [0.1, 0.15) is 12.4 Å². The lowest BCUT2D eigenvalue weighted by Crippen LogP contribution is -2.34. The summed E-state index contributed by atoms with van der Waals surface area (Å²) in [5.41, 5.74) is 3.87. The molecular weight excluding hydrogens is 390 g/mol. The first kappa shape index (κ1) is 20.7. The average molecular weight is 415 g/mol. The van der Waals surface area contributed by atoms with Crippen LogP contribution in [0.15, 0.2) is 78.9 Å². The molecular formula is C26H25NO4. The minimum Gasteiger partial charge on any atom is -0.489 e. The van der Waals surface area contributed by atoms with E-state index in [0.29, 0.717) is 17.9 Å². The third-order valence-electron chi connectivity index (χ3n) is 5.38. The highest BCUT2D eigenvalue weighted by molar-refractivity contribution is 5.91. The van der Waals surface area contributed by atoms with Crippen LogP contribution in [0.5, 0.6) is 5.75 Å². The first-order chi connectivity index (χ1) is 15.2. The van der Waals surface area contributed by atoms with Gasteiger partial charge in [-0.3, -0.25) is 4.79 Å². The Morgan fingerprint density at radius 2 is 1.65 bits per heavy atom. The Balaban J connectivity index is 1.25. The van der Waals surface area contributed by atoms with E-state index in [1.54, 1.807) is 24.3 Å². The summed E-state index contributed by atoms with van der Waals surface area (Å²) in [6.45, 7) is 0.152. The van der Waals surface area contributed by atoms with Gasteiger partial charge in [0.05, 0.1) is 11.6 Å². The van der Waals surface area contributed by atoms with Crippen LogP contribution in [0.4, 0.5) is 0 Å². The molecule has 3 aromatic carbocycles. The lowest BCUT2D eigenvalue weighted by Gasteiger charge is -2.26. The first-order valence-corrected chi connectivity index (χ1v) is 10.5. The number of rotatable bonds is 7. The smallest absolute Gasteiger partial charge is 0.338 e. The van der Waals surface area contributed by atoms with E-state index in [4.69, 9.17) is 9.47 Å². The highest BCUT2D eigenvalue weighted by Gasteiger charge is 2.22. The summed E-state index contributed by atoms with van der Waals surface area (Å²) in [4.78, 5) is 24.6. The van der Waals surface area contributed by atoms with Gasteiger partial charge in [-0.05, 0) is 60.2 Å². The van der Waals surface area contributed by atoms with Crippen molar-refractivity contribution >= 4 is 11.9 Å². The summed E-state index contributed by atoms with van der Waals surface area (Å²) < 4.78 is 10.9. The molecule has 1 atom stereocenters. The van der Waals surface area contributed by atoms with Crippen LogP contribution < -0.4 is 10.1 Å². The van der Waals surface area contributed by atoms with Crippen molar-refractivity contribution < 1.29 is 19.1 Å². The Labute approximate surface area is 182 Å². The molecule has 0 unspecified atom stereocenters. The molecule has 0 aromatic heterocycles. The van der Waals surface area contributed by atoms with Gasteiger partial charge in [0, 0.05) is 0 Å². The van der Waals surface area contributed by atoms with Crippen LogP contribution in [-0.4, -0.2) is 18.5 Å². The van der Waals surface area contributed by atoms with E-state index in [2.05, 4.69) is 11.4 Å². The molecule has 0 fully saturated rings. The van der Waals surface area contributed by atoms with E-state index in [1.165, 1.54) is 5.56 Å². The average Bonchev–Trinajstić information content (AvgIpc) is 2.82. The van der Waals surface area contributed by atoms with E-state index in [0.717, 1.165) is 30.4 Å². The fraction of sp³-hybridized carbons (Fsp3) is 0.231. The van der Waals surface area contributed by atoms with Crippen LogP contribution in [-0.2, 0) is 22.6 Å². The van der Waals surface area contributed by atoms with E-state index < -0.39 is 5.97 Å². The van der Waals surface area contributed by atoms with Gasteiger partial charge in [0.25, 0.3) is 5.91 Å². The number of hydrogen-bond acceptors (Lipinski definition) is 4. The lowest BCUT2D eigenvalue weighted by atomic mass is 9.88. The molecule has 0 heterocycles. The number of benzene rings is 3. The van der Waals surface area contributed by atoms with Gasteiger partial charge in [0.15, 0.2) is 6.61 Å². The summed E-state index contributed by atoms with van der Waals surface area (Å²) in [6.07, 6.45) is 2.95. The molecule has 0 spiro atoms. The predicted octanol–water partition coefficient (Wildman–Crippen LogP) is 4.62. The molecule has 158 valence electrons. The number of ether oxygens (including phenoxy) is 2. The maximum atomic E-state index is 12.3. The summed E-state index contributed by atoms with van der Waals surface area (Å²) in [5, 5.41) is 2.99.